The van der Waals surface area contributed by atoms with Crippen LogP contribution < -0.4 is 11.1 Å². The number of aromatic nitrogens is 4. The van der Waals surface area contributed by atoms with E-state index in [0.29, 0.717) is 22.9 Å². The van der Waals surface area contributed by atoms with Gasteiger partial charge in [-0.3, -0.25) is 4.57 Å². The fourth-order valence-electron chi connectivity index (χ4n) is 4.52. The van der Waals surface area contributed by atoms with E-state index in [4.69, 9.17) is 19.9 Å². The summed E-state index contributed by atoms with van der Waals surface area (Å²) in [7, 11) is 0. The zero-order chi connectivity index (χ0) is 18.8. The number of anilines is 1. The van der Waals surface area contributed by atoms with Crippen LogP contribution in [0.25, 0.3) is 11.2 Å². The third-order valence-electron chi connectivity index (χ3n) is 5.81. The Balaban J connectivity index is 1.48. The summed E-state index contributed by atoms with van der Waals surface area (Å²) in [5, 5.41) is 3.50. The van der Waals surface area contributed by atoms with Crippen molar-refractivity contribution in [1.82, 2.24) is 24.8 Å². The van der Waals surface area contributed by atoms with Gasteiger partial charge < -0.3 is 25.3 Å². The number of nitrogen functional groups attached to an aromatic ring is 1. The number of nitrogens with zero attached hydrogens (tertiary/aromatic N) is 4. The van der Waals surface area contributed by atoms with Gasteiger partial charge in [0.25, 0.3) is 0 Å². The number of fused-ring (bicyclic) bond motifs is 3. The Kier molecular flexibility index (Phi) is 3.74. The zero-order valence-electron chi connectivity index (χ0n) is 15.9. The van der Waals surface area contributed by atoms with E-state index in [1.165, 1.54) is 6.33 Å². The van der Waals surface area contributed by atoms with Crippen LogP contribution in [-0.4, -0.2) is 56.2 Å². The van der Waals surface area contributed by atoms with E-state index in [0.717, 1.165) is 25.9 Å². The molecule has 0 bridgehead atoms. The van der Waals surface area contributed by atoms with Crippen LogP contribution in [0.15, 0.2) is 12.7 Å². The molecule has 4 heterocycles. The van der Waals surface area contributed by atoms with Gasteiger partial charge in [-0.1, -0.05) is 6.92 Å². The highest BCUT2D eigenvalue weighted by Crippen LogP contribution is 2.62. The molecule has 3 N–H and O–H groups in total. The predicted molar refractivity (Wildman–Crippen MR) is 97.7 cm³/mol. The Hall–Kier alpha value is -1.81. The highest BCUT2D eigenvalue weighted by atomic mass is 16.8. The van der Waals surface area contributed by atoms with Gasteiger partial charge >= 0.3 is 0 Å². The molecule has 0 radical (unpaired) electrons. The average molecular weight is 374 g/mol. The van der Waals surface area contributed by atoms with Crippen LogP contribution in [0.3, 0.4) is 0 Å². The minimum Gasteiger partial charge on any atom is -0.382 e. The summed E-state index contributed by atoms with van der Waals surface area (Å²) in [5.74, 6) is 0.132. The molecule has 1 spiro atoms. The monoisotopic (exact) mass is 374 g/mol. The number of rotatable bonds is 5. The predicted octanol–water partition coefficient (Wildman–Crippen LogP) is 1.22. The first-order valence-corrected chi connectivity index (χ1v) is 9.62. The lowest BCUT2D eigenvalue weighted by Crippen LogP contribution is -2.35. The molecular formula is C18H26N6O3. The Morgan fingerprint density at radius 3 is 2.93 bits per heavy atom. The fourth-order valence-corrected chi connectivity index (χ4v) is 4.52. The van der Waals surface area contributed by atoms with Crippen LogP contribution in [0.4, 0.5) is 5.82 Å². The van der Waals surface area contributed by atoms with Gasteiger partial charge in [0, 0.05) is 12.5 Å². The number of nitrogens with two attached hydrogens (primary N) is 1. The third-order valence-corrected chi connectivity index (χ3v) is 5.81. The summed E-state index contributed by atoms with van der Waals surface area (Å²) >= 11 is 0. The standard InChI is InChI=1S/C18H26N6O3/c1-4-5-20-7-10-6-18(10)13-12(25-17(2,3)26-13)16(27-18)24-9-23-11-14(19)21-8-22-15(11)24/h8-10,12-13,16,20H,4-7H2,1-3H3,(H2,19,21,22)/t10-,12?,13?,16?,18+/m0/s1. The van der Waals surface area contributed by atoms with Crippen molar-refractivity contribution in [3.63, 3.8) is 0 Å². The summed E-state index contributed by atoms with van der Waals surface area (Å²) in [4.78, 5) is 12.8. The summed E-state index contributed by atoms with van der Waals surface area (Å²) in [6.45, 7) is 8.01. The normalized spacial score (nSPS) is 36.6. The van der Waals surface area contributed by atoms with E-state index in [-0.39, 0.29) is 24.0 Å². The van der Waals surface area contributed by atoms with Gasteiger partial charge in [0.2, 0.25) is 0 Å². The maximum atomic E-state index is 6.59. The lowest BCUT2D eigenvalue weighted by Gasteiger charge is -2.25. The first-order valence-electron chi connectivity index (χ1n) is 9.62. The van der Waals surface area contributed by atoms with Crippen LogP contribution in [0.5, 0.6) is 0 Å². The van der Waals surface area contributed by atoms with E-state index in [2.05, 4.69) is 27.2 Å². The van der Waals surface area contributed by atoms with E-state index in [1.807, 2.05) is 18.4 Å². The molecule has 9 heteroatoms. The van der Waals surface area contributed by atoms with Gasteiger partial charge in [-0.25, -0.2) is 15.0 Å². The first-order chi connectivity index (χ1) is 13.0. The molecule has 3 fully saturated rings. The molecule has 2 aromatic heterocycles. The molecule has 1 aliphatic carbocycles. The molecule has 5 rings (SSSR count). The van der Waals surface area contributed by atoms with Crippen molar-refractivity contribution in [3.05, 3.63) is 12.7 Å². The second-order valence-electron chi connectivity index (χ2n) is 8.17. The summed E-state index contributed by atoms with van der Waals surface area (Å²) < 4.78 is 21.0. The van der Waals surface area contributed by atoms with Gasteiger partial charge in [0.15, 0.2) is 23.5 Å². The fraction of sp³-hybridized carbons (Fsp3) is 0.722. The molecule has 0 aromatic carbocycles. The topological polar surface area (TPSA) is 109 Å². The molecular weight excluding hydrogens is 348 g/mol. The lowest BCUT2D eigenvalue weighted by molar-refractivity contribution is -0.203. The maximum absolute atomic E-state index is 6.59. The number of ether oxygens (including phenoxy) is 3. The molecule has 9 nitrogen and oxygen atoms in total. The van der Waals surface area contributed by atoms with Gasteiger partial charge in [-0.2, -0.15) is 0 Å². The zero-order valence-corrected chi connectivity index (χ0v) is 15.9. The van der Waals surface area contributed by atoms with E-state index in [1.54, 1.807) is 6.33 Å². The van der Waals surface area contributed by atoms with Gasteiger partial charge in [0.1, 0.15) is 29.7 Å². The molecule has 5 atom stereocenters. The highest BCUT2D eigenvalue weighted by molar-refractivity contribution is 5.81. The molecule has 0 amide bonds. The Labute approximate surface area is 157 Å². The van der Waals surface area contributed by atoms with Crippen LogP contribution in [0.2, 0.25) is 0 Å². The molecule has 146 valence electrons. The van der Waals surface area contributed by atoms with E-state index >= 15 is 0 Å². The molecule has 1 saturated carbocycles. The average Bonchev–Trinajstić information content (AvgIpc) is 2.90. The number of nitrogens with one attached hydrogen (secondary N) is 1. The SMILES string of the molecule is CCCNC[C@@H]1C[C@@]12OC(n1cnc3c(N)ncnc31)C1OC(C)(C)OC12. The third kappa shape index (κ3) is 2.56. The highest BCUT2D eigenvalue weighted by Gasteiger charge is 2.73. The second-order valence-corrected chi connectivity index (χ2v) is 8.17. The van der Waals surface area contributed by atoms with Crippen LogP contribution >= 0.6 is 0 Å². The van der Waals surface area contributed by atoms with Gasteiger partial charge in [0.05, 0.1) is 6.33 Å². The lowest BCUT2D eigenvalue weighted by atomic mass is 10.1. The van der Waals surface area contributed by atoms with Crippen molar-refractivity contribution in [1.29, 1.82) is 0 Å². The first kappa shape index (κ1) is 17.3. The number of hydrogen-bond acceptors (Lipinski definition) is 8. The van der Waals surface area contributed by atoms with Crippen molar-refractivity contribution >= 4 is 17.0 Å². The van der Waals surface area contributed by atoms with Crippen molar-refractivity contribution in [2.24, 2.45) is 5.92 Å². The largest absolute Gasteiger partial charge is 0.382 e. The second kappa shape index (κ2) is 5.84. The van der Waals surface area contributed by atoms with Crippen molar-refractivity contribution in [2.75, 3.05) is 18.8 Å². The molecule has 27 heavy (non-hydrogen) atoms. The summed E-state index contributed by atoms with van der Waals surface area (Å²) in [6, 6.07) is 0. The summed E-state index contributed by atoms with van der Waals surface area (Å²) in [5.41, 5.74) is 6.85. The quantitative estimate of drug-likeness (QED) is 0.752. The van der Waals surface area contributed by atoms with E-state index < -0.39 is 5.79 Å². The summed E-state index contributed by atoms with van der Waals surface area (Å²) in [6.07, 6.45) is 4.55. The van der Waals surface area contributed by atoms with Crippen molar-refractivity contribution in [3.8, 4) is 0 Å². The maximum Gasteiger partial charge on any atom is 0.167 e. The molecule has 3 unspecified atom stereocenters. The van der Waals surface area contributed by atoms with Gasteiger partial charge in [-0.05, 0) is 33.2 Å². The van der Waals surface area contributed by atoms with Crippen molar-refractivity contribution in [2.45, 2.75) is 63.4 Å². The Morgan fingerprint density at radius 2 is 2.11 bits per heavy atom. The van der Waals surface area contributed by atoms with Crippen LogP contribution in [0, 0.1) is 5.92 Å². The molecule has 3 aliphatic rings. The van der Waals surface area contributed by atoms with Crippen LogP contribution in [-0.2, 0) is 14.2 Å². The van der Waals surface area contributed by atoms with Gasteiger partial charge in [-0.15, -0.1) is 0 Å². The van der Waals surface area contributed by atoms with E-state index in [9.17, 15) is 0 Å². The smallest absolute Gasteiger partial charge is 0.167 e. The minimum absolute atomic E-state index is 0.109. The number of hydrogen-bond donors (Lipinski definition) is 2. The van der Waals surface area contributed by atoms with Crippen LogP contribution in [0.1, 0.15) is 39.8 Å². The Bertz CT molecular complexity index is 870. The Morgan fingerprint density at radius 1 is 1.26 bits per heavy atom. The molecule has 2 aliphatic heterocycles. The minimum atomic E-state index is -0.640. The van der Waals surface area contributed by atoms with Crippen molar-refractivity contribution < 1.29 is 14.2 Å². The molecule has 2 aromatic rings. The number of imidazole rings is 1. The molecule has 2 saturated heterocycles.